The number of nitrogens with zero attached hydrogens (tertiary/aromatic N) is 2. The van der Waals surface area contributed by atoms with E-state index in [1.54, 1.807) is 57.5 Å². The van der Waals surface area contributed by atoms with Gasteiger partial charge in [0.05, 0.1) is 12.2 Å². The Morgan fingerprint density at radius 2 is 1.86 bits per heavy atom. The first kappa shape index (κ1) is 24.6. The number of thiophene rings is 1. The average molecular weight is 493 g/mol. The number of hydrogen-bond donors (Lipinski definition) is 1. The van der Waals surface area contributed by atoms with E-state index in [4.69, 9.17) is 9.47 Å². The van der Waals surface area contributed by atoms with Crippen LogP contribution in [0.15, 0.2) is 70.8 Å². The smallest absolute Gasteiger partial charge is 0.294 e. The number of Topliss-reactive ketones (excluding diaryl/α,β-unsaturated/α-hetero) is 1. The Hall–Kier alpha value is -3.49. The van der Waals surface area contributed by atoms with E-state index in [-0.39, 0.29) is 23.8 Å². The third-order valence-corrected chi connectivity index (χ3v) is 6.44. The molecule has 8 heteroatoms. The van der Waals surface area contributed by atoms with E-state index < -0.39 is 23.1 Å². The SMILES string of the molecule is COCCOc1ncccc1C1C(C(=O)C(C)(C)C)=C(O)C(=O)N1c1ccc(-c2ccsc2)cc1. The third kappa shape index (κ3) is 4.85. The van der Waals surface area contributed by atoms with Crippen LogP contribution in [0.5, 0.6) is 5.88 Å². The van der Waals surface area contributed by atoms with Crippen LogP contribution in [0.25, 0.3) is 11.1 Å². The van der Waals surface area contributed by atoms with Crippen molar-refractivity contribution in [3.05, 3.63) is 76.3 Å². The molecule has 1 unspecified atom stereocenters. The molecule has 0 radical (unpaired) electrons. The van der Waals surface area contributed by atoms with E-state index in [9.17, 15) is 14.7 Å². The number of carbonyl (C=O) groups is 2. The summed E-state index contributed by atoms with van der Waals surface area (Å²) in [4.78, 5) is 32.7. The van der Waals surface area contributed by atoms with Crippen molar-refractivity contribution in [3.63, 3.8) is 0 Å². The summed E-state index contributed by atoms with van der Waals surface area (Å²) in [5, 5.41) is 15.0. The Kier molecular flexibility index (Phi) is 7.05. The molecule has 1 aromatic carbocycles. The van der Waals surface area contributed by atoms with Gasteiger partial charge >= 0.3 is 0 Å². The molecule has 1 amide bonds. The Morgan fingerprint density at radius 1 is 1.11 bits per heavy atom. The van der Waals surface area contributed by atoms with Crippen molar-refractivity contribution in [1.82, 2.24) is 4.98 Å². The first-order valence-electron chi connectivity index (χ1n) is 11.2. The van der Waals surface area contributed by atoms with Crippen molar-refractivity contribution in [3.8, 4) is 17.0 Å². The molecule has 1 aliphatic heterocycles. The highest BCUT2D eigenvalue weighted by atomic mass is 32.1. The summed E-state index contributed by atoms with van der Waals surface area (Å²) in [5.41, 5.74) is 2.36. The first-order chi connectivity index (χ1) is 16.7. The van der Waals surface area contributed by atoms with Crippen LogP contribution in [-0.2, 0) is 14.3 Å². The van der Waals surface area contributed by atoms with E-state index in [2.05, 4.69) is 4.98 Å². The fourth-order valence-corrected chi connectivity index (χ4v) is 4.66. The second kappa shape index (κ2) is 10.0. The molecule has 1 aliphatic rings. The Bertz CT molecular complexity index is 1240. The lowest BCUT2D eigenvalue weighted by atomic mass is 9.82. The van der Waals surface area contributed by atoms with Crippen LogP contribution in [-0.4, -0.2) is 42.1 Å². The molecular weight excluding hydrogens is 464 g/mol. The summed E-state index contributed by atoms with van der Waals surface area (Å²) in [5.74, 6) is -1.24. The normalized spacial score (nSPS) is 16.2. The van der Waals surface area contributed by atoms with Gasteiger partial charge in [0, 0.05) is 30.0 Å². The van der Waals surface area contributed by atoms with Crippen molar-refractivity contribution in [2.24, 2.45) is 5.41 Å². The molecule has 3 aromatic rings. The van der Waals surface area contributed by atoms with Crippen LogP contribution in [0.3, 0.4) is 0 Å². The van der Waals surface area contributed by atoms with Crippen LogP contribution in [0.2, 0.25) is 0 Å². The zero-order valence-electron chi connectivity index (χ0n) is 20.1. The molecule has 4 rings (SSSR count). The minimum absolute atomic E-state index is 0.0361. The highest BCUT2D eigenvalue weighted by molar-refractivity contribution is 7.08. The highest BCUT2D eigenvalue weighted by Gasteiger charge is 2.47. The van der Waals surface area contributed by atoms with E-state index in [0.29, 0.717) is 17.9 Å². The second-order valence-corrected chi connectivity index (χ2v) is 10.00. The molecule has 0 bridgehead atoms. The molecule has 0 saturated carbocycles. The first-order valence-corrected chi connectivity index (χ1v) is 12.2. The van der Waals surface area contributed by atoms with Crippen molar-refractivity contribution in [2.45, 2.75) is 26.8 Å². The van der Waals surface area contributed by atoms with Gasteiger partial charge in [-0.3, -0.25) is 14.5 Å². The summed E-state index contributed by atoms with van der Waals surface area (Å²) in [7, 11) is 1.57. The molecule has 0 fully saturated rings. The van der Waals surface area contributed by atoms with Gasteiger partial charge in [-0.25, -0.2) is 4.98 Å². The average Bonchev–Trinajstić information content (AvgIpc) is 3.46. The molecule has 0 spiro atoms. The Morgan fingerprint density at radius 3 is 2.49 bits per heavy atom. The van der Waals surface area contributed by atoms with Gasteiger partial charge in [0.2, 0.25) is 5.88 Å². The number of ketones is 1. The number of aliphatic hydroxyl groups excluding tert-OH is 1. The fraction of sp³-hybridized carbons (Fsp3) is 0.296. The zero-order chi connectivity index (χ0) is 25.2. The summed E-state index contributed by atoms with van der Waals surface area (Å²) in [6.45, 7) is 5.87. The standard InChI is InChI=1S/C27H28N2O5S/c1-27(2,3)24(31)21-22(20-6-5-12-28-25(20)34-14-13-33-4)29(26(32)23(21)30)19-9-7-17(8-10-19)18-11-15-35-16-18/h5-12,15-16,22,30H,13-14H2,1-4H3. The largest absolute Gasteiger partial charge is 0.503 e. The predicted molar refractivity (Wildman–Crippen MR) is 136 cm³/mol. The number of aromatic nitrogens is 1. The van der Waals surface area contributed by atoms with E-state index in [1.165, 1.54) is 4.90 Å². The van der Waals surface area contributed by atoms with Gasteiger partial charge in [-0.05, 0) is 52.2 Å². The maximum absolute atomic E-state index is 13.5. The number of methoxy groups -OCH3 is 1. The lowest BCUT2D eigenvalue weighted by Crippen LogP contribution is -2.33. The van der Waals surface area contributed by atoms with E-state index >= 15 is 0 Å². The number of pyridine rings is 1. The van der Waals surface area contributed by atoms with Gasteiger partial charge in [0.1, 0.15) is 12.6 Å². The lowest BCUT2D eigenvalue weighted by molar-refractivity contribution is -0.123. The Labute approximate surface area is 208 Å². The third-order valence-electron chi connectivity index (χ3n) is 5.76. The summed E-state index contributed by atoms with van der Waals surface area (Å²) in [6, 6.07) is 12.1. The monoisotopic (exact) mass is 492 g/mol. The van der Waals surface area contributed by atoms with Gasteiger partial charge in [0.15, 0.2) is 11.5 Å². The number of ether oxygens (including phenoxy) is 2. The molecule has 182 valence electrons. The quantitative estimate of drug-likeness (QED) is 0.427. The zero-order valence-corrected chi connectivity index (χ0v) is 21.0. The molecule has 35 heavy (non-hydrogen) atoms. The lowest BCUT2D eigenvalue weighted by Gasteiger charge is -2.29. The highest BCUT2D eigenvalue weighted by Crippen LogP contribution is 2.45. The van der Waals surface area contributed by atoms with Gasteiger partial charge in [0.25, 0.3) is 5.91 Å². The minimum atomic E-state index is -0.896. The molecule has 3 heterocycles. The van der Waals surface area contributed by atoms with Crippen LogP contribution >= 0.6 is 11.3 Å². The number of amides is 1. The Balaban J connectivity index is 1.82. The summed E-state index contributed by atoms with van der Waals surface area (Å²) in [6.07, 6.45) is 1.58. The van der Waals surface area contributed by atoms with Crippen molar-refractivity contribution in [2.75, 3.05) is 25.2 Å². The maximum Gasteiger partial charge on any atom is 0.294 e. The second-order valence-electron chi connectivity index (χ2n) is 9.22. The summed E-state index contributed by atoms with van der Waals surface area (Å²) < 4.78 is 10.9. The maximum atomic E-state index is 13.5. The topological polar surface area (TPSA) is 89.0 Å². The number of rotatable bonds is 8. The molecule has 2 aromatic heterocycles. The predicted octanol–water partition coefficient (Wildman–Crippen LogP) is 5.35. The number of benzene rings is 1. The van der Waals surface area contributed by atoms with Crippen molar-refractivity contribution < 1.29 is 24.2 Å². The van der Waals surface area contributed by atoms with Crippen LogP contribution in [0, 0.1) is 5.41 Å². The van der Waals surface area contributed by atoms with E-state index in [0.717, 1.165) is 11.1 Å². The molecule has 1 N–H and O–H groups in total. The molecular formula is C27H28N2O5S. The number of carbonyl (C=O) groups excluding carboxylic acids is 2. The molecule has 1 atom stereocenters. The van der Waals surface area contributed by atoms with E-state index in [1.807, 2.05) is 41.1 Å². The number of aliphatic hydroxyl groups is 1. The van der Waals surface area contributed by atoms with Gasteiger partial charge in [-0.2, -0.15) is 11.3 Å². The van der Waals surface area contributed by atoms with Crippen LogP contribution in [0.1, 0.15) is 32.4 Å². The molecule has 7 nitrogen and oxygen atoms in total. The number of hydrogen-bond acceptors (Lipinski definition) is 7. The summed E-state index contributed by atoms with van der Waals surface area (Å²) >= 11 is 1.61. The van der Waals surface area contributed by atoms with Crippen molar-refractivity contribution >= 4 is 28.7 Å². The van der Waals surface area contributed by atoms with Gasteiger partial charge in [-0.1, -0.05) is 32.9 Å². The molecule has 0 saturated heterocycles. The minimum Gasteiger partial charge on any atom is -0.503 e. The van der Waals surface area contributed by atoms with Gasteiger partial charge < -0.3 is 14.6 Å². The fourth-order valence-electron chi connectivity index (χ4n) is 4.00. The van der Waals surface area contributed by atoms with Crippen molar-refractivity contribution in [1.29, 1.82) is 0 Å². The van der Waals surface area contributed by atoms with Gasteiger partial charge in [-0.15, -0.1) is 0 Å². The number of anilines is 1. The van der Waals surface area contributed by atoms with Crippen LogP contribution in [0.4, 0.5) is 5.69 Å². The molecule has 0 aliphatic carbocycles. The van der Waals surface area contributed by atoms with Crippen LogP contribution < -0.4 is 9.64 Å².